The van der Waals surface area contributed by atoms with Crippen molar-refractivity contribution in [3.8, 4) is 0 Å². The lowest BCUT2D eigenvalue weighted by atomic mass is 9.82. The molecular formula is C23H20BrClF3N3O4. The van der Waals surface area contributed by atoms with Crippen LogP contribution in [-0.2, 0) is 25.3 Å². The summed E-state index contributed by atoms with van der Waals surface area (Å²) in [6.07, 6.45) is -4.28. The van der Waals surface area contributed by atoms with Gasteiger partial charge in [-0.25, -0.2) is 0 Å². The zero-order valence-electron chi connectivity index (χ0n) is 18.6. The number of hydrazone groups is 1. The Morgan fingerprint density at radius 3 is 2.46 bits per heavy atom. The lowest BCUT2D eigenvalue weighted by Gasteiger charge is -2.25. The van der Waals surface area contributed by atoms with Gasteiger partial charge in [0.05, 0.1) is 35.1 Å². The Kier molecular flexibility index (Phi) is 7.90. The van der Waals surface area contributed by atoms with E-state index in [4.69, 9.17) is 16.3 Å². The van der Waals surface area contributed by atoms with Crippen molar-refractivity contribution in [2.45, 2.75) is 20.0 Å². The van der Waals surface area contributed by atoms with Crippen LogP contribution in [0.3, 0.4) is 0 Å². The Hall–Kier alpha value is -2.92. The number of nitrogens with zero attached hydrogens (tertiary/aromatic N) is 3. The fraction of sp³-hybridized carbons (Fsp3) is 0.304. The van der Waals surface area contributed by atoms with Crippen LogP contribution in [-0.4, -0.2) is 48.7 Å². The van der Waals surface area contributed by atoms with Crippen molar-refractivity contribution in [3.63, 3.8) is 0 Å². The molecule has 0 radical (unpaired) electrons. The maximum absolute atomic E-state index is 13.1. The number of amides is 2. The van der Waals surface area contributed by atoms with E-state index in [1.54, 1.807) is 31.2 Å². The number of rotatable bonds is 7. The smallest absolute Gasteiger partial charge is 0.417 e. The number of ether oxygens (including phenoxy) is 1. The van der Waals surface area contributed by atoms with E-state index < -0.39 is 34.1 Å². The zero-order valence-corrected chi connectivity index (χ0v) is 20.9. The molecule has 0 saturated carbocycles. The first kappa shape index (κ1) is 26.7. The Bertz CT molecular complexity index is 1170. The summed E-state index contributed by atoms with van der Waals surface area (Å²) in [6.45, 7) is 2.73. The molecule has 1 aliphatic rings. The maximum atomic E-state index is 13.1. The number of halogens is 5. The largest absolute Gasteiger partial charge is 0.465 e. The van der Waals surface area contributed by atoms with Crippen LogP contribution in [0, 0.1) is 5.41 Å². The molecule has 0 aliphatic carbocycles. The van der Waals surface area contributed by atoms with Crippen molar-refractivity contribution in [1.82, 2.24) is 5.01 Å². The number of carbonyl (C=O) groups excluding carboxylic acids is 3. The van der Waals surface area contributed by atoms with Gasteiger partial charge < -0.3 is 4.74 Å². The molecule has 35 heavy (non-hydrogen) atoms. The van der Waals surface area contributed by atoms with Gasteiger partial charge in [0.2, 0.25) is 6.41 Å². The molecule has 2 aromatic carbocycles. The molecule has 2 amide bonds. The van der Waals surface area contributed by atoms with Crippen molar-refractivity contribution in [3.05, 3.63) is 63.1 Å². The second kappa shape index (κ2) is 10.4. The second-order valence-corrected chi connectivity index (χ2v) is 9.18. The van der Waals surface area contributed by atoms with E-state index in [0.29, 0.717) is 12.1 Å². The van der Waals surface area contributed by atoms with E-state index in [0.717, 1.165) is 27.6 Å². The predicted octanol–water partition coefficient (Wildman–Crippen LogP) is 4.90. The summed E-state index contributed by atoms with van der Waals surface area (Å²) in [7, 11) is 0. The van der Waals surface area contributed by atoms with E-state index in [9.17, 15) is 27.6 Å². The monoisotopic (exact) mass is 573 g/mol. The lowest BCUT2D eigenvalue weighted by Crippen LogP contribution is -2.43. The van der Waals surface area contributed by atoms with Gasteiger partial charge in [-0.3, -0.25) is 24.3 Å². The Labute approximate surface area is 212 Å². The molecule has 186 valence electrons. The van der Waals surface area contributed by atoms with Crippen LogP contribution in [0.15, 0.2) is 52.0 Å². The van der Waals surface area contributed by atoms with Gasteiger partial charge in [0.1, 0.15) is 12.0 Å². The van der Waals surface area contributed by atoms with Crippen LogP contribution >= 0.6 is 27.5 Å². The highest BCUT2D eigenvalue weighted by molar-refractivity contribution is 9.10. The third-order valence-corrected chi connectivity index (χ3v) is 6.17. The van der Waals surface area contributed by atoms with E-state index in [1.807, 2.05) is 0 Å². The fourth-order valence-electron chi connectivity index (χ4n) is 3.64. The third kappa shape index (κ3) is 5.67. The minimum absolute atomic E-state index is 0.0664. The zero-order chi connectivity index (χ0) is 26.0. The number of imide groups is 1. The molecule has 2 aromatic rings. The topological polar surface area (TPSA) is 79.3 Å². The number of esters is 1. The van der Waals surface area contributed by atoms with Gasteiger partial charge in [-0.1, -0.05) is 33.6 Å². The normalized spacial score (nSPS) is 17.7. The van der Waals surface area contributed by atoms with Crippen molar-refractivity contribution >= 4 is 57.2 Å². The quantitative estimate of drug-likeness (QED) is 0.347. The van der Waals surface area contributed by atoms with E-state index in [-0.39, 0.29) is 31.0 Å². The summed E-state index contributed by atoms with van der Waals surface area (Å²) in [5.41, 5.74) is -1.82. The second-order valence-electron chi connectivity index (χ2n) is 7.86. The highest BCUT2D eigenvalue weighted by Crippen LogP contribution is 2.38. The molecule has 1 atom stereocenters. The summed E-state index contributed by atoms with van der Waals surface area (Å²) in [4.78, 5) is 38.2. The Morgan fingerprint density at radius 2 is 1.91 bits per heavy atom. The summed E-state index contributed by atoms with van der Waals surface area (Å²) in [5.74, 6) is -1.28. The first-order valence-electron chi connectivity index (χ1n) is 10.3. The summed E-state index contributed by atoms with van der Waals surface area (Å²) >= 11 is 9.16. The van der Waals surface area contributed by atoms with Crippen LogP contribution < -0.4 is 4.90 Å². The van der Waals surface area contributed by atoms with Crippen molar-refractivity contribution < 1.29 is 32.3 Å². The molecule has 0 saturated heterocycles. The van der Waals surface area contributed by atoms with Crippen LogP contribution in [0.2, 0.25) is 5.02 Å². The minimum Gasteiger partial charge on any atom is -0.465 e. The summed E-state index contributed by atoms with van der Waals surface area (Å²) in [6, 6.07) is 9.52. The molecule has 1 unspecified atom stereocenters. The van der Waals surface area contributed by atoms with E-state index in [1.165, 1.54) is 11.9 Å². The molecule has 1 aliphatic heterocycles. The molecule has 0 N–H and O–H groups in total. The van der Waals surface area contributed by atoms with E-state index in [2.05, 4.69) is 21.0 Å². The fourth-order valence-corrected chi connectivity index (χ4v) is 4.19. The average Bonchev–Trinajstić information content (AvgIpc) is 3.12. The Morgan fingerprint density at radius 1 is 1.26 bits per heavy atom. The molecule has 0 fully saturated rings. The number of hydrogen-bond donors (Lipinski definition) is 0. The average molecular weight is 575 g/mol. The van der Waals surface area contributed by atoms with Gasteiger partial charge in [-0.2, -0.15) is 18.3 Å². The minimum atomic E-state index is -4.65. The molecular weight excluding hydrogens is 555 g/mol. The Balaban J connectivity index is 1.94. The molecule has 0 spiro atoms. The standard InChI is InChI=1S/C23H20BrClF3N3O4/c1-3-35-21(34)22(2)12-30(11-19(33)31(13-32)16-7-5-15(24)6-8-16)29-20(22)14-4-9-17(18(25)10-14)23(26,27)28/h4-10,13H,3,11-12H2,1-2H3. The third-order valence-electron chi connectivity index (χ3n) is 5.33. The number of carbonyl (C=O) groups is 3. The van der Waals surface area contributed by atoms with Gasteiger partial charge in [0.25, 0.3) is 5.91 Å². The van der Waals surface area contributed by atoms with Gasteiger partial charge in [0, 0.05) is 10.0 Å². The van der Waals surface area contributed by atoms with Crippen molar-refractivity contribution in [2.75, 3.05) is 24.6 Å². The van der Waals surface area contributed by atoms with Gasteiger partial charge >= 0.3 is 12.1 Å². The van der Waals surface area contributed by atoms with Crippen LogP contribution in [0.25, 0.3) is 0 Å². The lowest BCUT2D eigenvalue weighted by molar-refractivity contribution is -0.150. The summed E-state index contributed by atoms with van der Waals surface area (Å²) < 4.78 is 45.4. The van der Waals surface area contributed by atoms with Crippen molar-refractivity contribution in [1.29, 1.82) is 0 Å². The number of anilines is 1. The molecule has 1 heterocycles. The maximum Gasteiger partial charge on any atom is 0.417 e. The van der Waals surface area contributed by atoms with Crippen molar-refractivity contribution in [2.24, 2.45) is 10.5 Å². The molecule has 12 heteroatoms. The highest BCUT2D eigenvalue weighted by Gasteiger charge is 2.48. The van der Waals surface area contributed by atoms with Gasteiger partial charge in [-0.05, 0) is 50.2 Å². The molecule has 0 bridgehead atoms. The first-order valence-corrected chi connectivity index (χ1v) is 11.5. The number of alkyl halides is 3. The van der Waals surface area contributed by atoms with Crippen LogP contribution in [0.5, 0.6) is 0 Å². The first-order chi connectivity index (χ1) is 16.4. The highest BCUT2D eigenvalue weighted by atomic mass is 79.9. The number of benzene rings is 2. The summed E-state index contributed by atoms with van der Waals surface area (Å²) in [5, 5.41) is 5.07. The molecule has 3 rings (SSSR count). The number of hydrogen-bond acceptors (Lipinski definition) is 6. The molecule has 0 aromatic heterocycles. The van der Waals surface area contributed by atoms with Gasteiger partial charge in [0.15, 0.2) is 0 Å². The van der Waals surface area contributed by atoms with E-state index >= 15 is 0 Å². The van der Waals surface area contributed by atoms with Gasteiger partial charge in [-0.15, -0.1) is 0 Å². The van der Waals surface area contributed by atoms with Crippen LogP contribution in [0.1, 0.15) is 25.0 Å². The SMILES string of the molecule is CCOC(=O)C1(C)CN(CC(=O)N(C=O)c2ccc(Br)cc2)N=C1c1ccc(C(F)(F)F)c(Cl)c1. The van der Waals surface area contributed by atoms with Crippen LogP contribution in [0.4, 0.5) is 18.9 Å². The predicted molar refractivity (Wildman–Crippen MR) is 127 cm³/mol. The molecule has 7 nitrogen and oxygen atoms in total.